The van der Waals surface area contributed by atoms with Crippen LogP contribution in [0.4, 0.5) is 0 Å². The number of rotatable bonds is 0. The first kappa shape index (κ1) is 16.0. The van der Waals surface area contributed by atoms with Crippen LogP contribution in [0.2, 0.25) is 5.02 Å². The molecule has 0 fully saturated rings. The van der Waals surface area contributed by atoms with Gasteiger partial charge in [-0.3, -0.25) is 0 Å². The topological polar surface area (TPSA) is 12.9 Å². The van der Waals surface area contributed by atoms with Gasteiger partial charge in [-0.15, -0.1) is 0 Å². The van der Waals surface area contributed by atoms with Crippen molar-refractivity contribution in [2.75, 3.05) is 0 Å². The van der Waals surface area contributed by atoms with E-state index in [1.807, 2.05) is 0 Å². The molecule has 19 heavy (non-hydrogen) atoms. The number of nitrogens with zero attached hydrogens (tertiary/aromatic N) is 1. The van der Waals surface area contributed by atoms with Crippen LogP contribution in [0, 0.1) is 0 Å². The van der Waals surface area contributed by atoms with Crippen molar-refractivity contribution in [3.8, 4) is 0 Å². The molecule has 1 heterocycles. The van der Waals surface area contributed by atoms with E-state index < -0.39 is 7.59 Å². The van der Waals surface area contributed by atoms with Crippen LogP contribution in [-0.2, 0) is 7.59 Å². The van der Waals surface area contributed by atoms with Gasteiger partial charge in [0.15, 0.2) is 0 Å². The number of hydrogen-bond donors (Lipinski definition) is 0. The van der Waals surface area contributed by atoms with Crippen LogP contribution >= 0.6 is 81.2 Å². The molecule has 0 radical (unpaired) electrons. The summed E-state index contributed by atoms with van der Waals surface area (Å²) in [5.74, 6) is 0. The molecular weight excluding hydrogens is 394 g/mol. The van der Waals surface area contributed by atoms with E-state index in [0.29, 0.717) is 21.5 Å². The number of hydrogen-bond acceptors (Lipinski definition) is 1. The van der Waals surface area contributed by atoms with Gasteiger partial charge in [0.25, 0.3) is 0 Å². The zero-order chi connectivity index (χ0) is 14.4. The lowest BCUT2D eigenvalue weighted by Crippen LogP contribution is -2.05. The third kappa shape index (κ3) is 3.65. The number of halogens is 7. The molecule has 0 aliphatic rings. The lowest BCUT2D eigenvalue weighted by atomic mass is 10.1. The first-order valence-corrected chi connectivity index (χ1v) is 7.48. The minimum Gasteiger partial charge on any atom is -0.248 e. The van der Waals surface area contributed by atoms with E-state index in [0.717, 1.165) is 0 Å². The Balaban J connectivity index is 2.70. The summed E-state index contributed by atoms with van der Waals surface area (Å²) >= 11 is 41.0. The predicted octanol–water partition coefficient (Wildman–Crippen LogP) is 6.54. The average Bonchev–Trinajstić information content (AvgIpc) is 2.25. The minimum atomic E-state index is -1.67. The zero-order valence-corrected chi connectivity index (χ0v) is 14.2. The van der Waals surface area contributed by atoms with E-state index in [4.69, 9.17) is 81.2 Å². The third-order valence-corrected chi connectivity index (χ3v) is 3.93. The van der Waals surface area contributed by atoms with Crippen LogP contribution < -0.4 is 0 Å². The summed E-state index contributed by atoms with van der Waals surface area (Å²) in [5.41, 5.74) is 1.14. The summed E-state index contributed by atoms with van der Waals surface area (Å²) < 4.78 is -3.23. The first-order chi connectivity index (χ1) is 8.59. The third-order valence-electron chi connectivity index (χ3n) is 2.38. The molecule has 0 spiro atoms. The second-order valence-corrected chi connectivity index (χ2v) is 8.69. The quantitative estimate of drug-likeness (QED) is 0.459. The highest BCUT2D eigenvalue weighted by atomic mass is 35.6. The Labute approximate surface area is 144 Å². The van der Waals surface area contributed by atoms with Crippen LogP contribution in [0.25, 0.3) is 10.9 Å². The van der Waals surface area contributed by atoms with E-state index >= 15 is 0 Å². The maximum absolute atomic E-state index is 6.12. The Kier molecular flexibility index (Phi) is 4.61. The number of fused-ring (bicyclic) bond motifs is 1. The zero-order valence-electron chi connectivity index (χ0n) is 8.90. The van der Waals surface area contributed by atoms with Crippen molar-refractivity contribution in [2.24, 2.45) is 0 Å². The van der Waals surface area contributed by atoms with Gasteiger partial charge in [0.05, 0.1) is 16.2 Å². The average molecular weight is 398 g/mol. The number of benzene rings is 1. The van der Waals surface area contributed by atoms with Crippen molar-refractivity contribution in [2.45, 2.75) is 7.59 Å². The smallest absolute Gasteiger partial charge is 0.232 e. The SMILES string of the molecule is Clc1cc(C(Cl)(Cl)Cl)nc2cc(C(Cl)(Cl)Cl)ccc12. The molecule has 0 N–H and O–H groups in total. The van der Waals surface area contributed by atoms with Gasteiger partial charge in [-0.05, 0) is 12.1 Å². The van der Waals surface area contributed by atoms with Gasteiger partial charge in [-0.1, -0.05) is 93.3 Å². The number of alkyl halides is 6. The monoisotopic (exact) mass is 395 g/mol. The molecule has 0 saturated heterocycles. The Morgan fingerprint density at radius 2 is 1.47 bits per heavy atom. The van der Waals surface area contributed by atoms with Gasteiger partial charge in [0.1, 0.15) is 0 Å². The summed E-state index contributed by atoms with van der Waals surface area (Å²) in [5, 5.41) is 1.08. The standard InChI is InChI=1S/C11H4Cl7N/c12-7-4-9(11(16,17)18)19-8-3-5(10(13,14)15)1-2-6(7)8/h1-4H. The maximum atomic E-state index is 6.12. The molecule has 0 atom stereocenters. The van der Waals surface area contributed by atoms with Crippen molar-refractivity contribution in [3.63, 3.8) is 0 Å². The van der Waals surface area contributed by atoms with Crippen LogP contribution in [0.15, 0.2) is 24.3 Å². The van der Waals surface area contributed by atoms with Crippen LogP contribution in [0.5, 0.6) is 0 Å². The molecule has 1 nitrogen and oxygen atoms in total. The second-order valence-electron chi connectivity index (χ2n) is 3.72. The second kappa shape index (κ2) is 5.46. The van der Waals surface area contributed by atoms with Crippen LogP contribution in [0.3, 0.4) is 0 Å². The van der Waals surface area contributed by atoms with Crippen molar-refractivity contribution >= 4 is 92.1 Å². The first-order valence-electron chi connectivity index (χ1n) is 4.84. The fraction of sp³-hybridized carbons (Fsp3) is 0.182. The van der Waals surface area contributed by atoms with Gasteiger partial charge in [0, 0.05) is 10.9 Å². The Morgan fingerprint density at radius 1 is 0.842 bits per heavy atom. The Bertz CT molecular complexity index is 622. The molecular formula is C11H4Cl7N. The maximum Gasteiger partial charge on any atom is 0.232 e. The van der Waals surface area contributed by atoms with E-state index in [-0.39, 0.29) is 5.69 Å². The summed E-state index contributed by atoms with van der Waals surface area (Å²) in [6.07, 6.45) is 0. The van der Waals surface area contributed by atoms with Gasteiger partial charge >= 0.3 is 0 Å². The lowest BCUT2D eigenvalue weighted by molar-refractivity contribution is 1.11. The molecule has 102 valence electrons. The molecule has 0 amide bonds. The molecule has 1 aromatic heterocycles. The Morgan fingerprint density at radius 3 is 2.00 bits per heavy atom. The van der Waals surface area contributed by atoms with Crippen molar-refractivity contribution in [3.05, 3.63) is 40.5 Å². The minimum absolute atomic E-state index is 0.205. The Hall–Kier alpha value is 0.660. The summed E-state index contributed by atoms with van der Waals surface area (Å²) in [6.45, 7) is 0. The van der Waals surface area contributed by atoms with Gasteiger partial charge < -0.3 is 0 Å². The molecule has 0 bridgehead atoms. The normalized spacial score (nSPS) is 13.0. The predicted molar refractivity (Wildman–Crippen MR) is 85.2 cm³/mol. The van der Waals surface area contributed by atoms with E-state index in [9.17, 15) is 0 Å². The van der Waals surface area contributed by atoms with Crippen LogP contribution in [0.1, 0.15) is 11.3 Å². The molecule has 2 aromatic rings. The fourth-order valence-electron chi connectivity index (χ4n) is 1.51. The van der Waals surface area contributed by atoms with Crippen LogP contribution in [-0.4, -0.2) is 4.98 Å². The molecule has 0 saturated carbocycles. The molecule has 8 heteroatoms. The summed E-state index contributed by atoms with van der Waals surface area (Å²) in [4.78, 5) is 4.23. The summed E-state index contributed by atoms with van der Waals surface area (Å²) in [6, 6.07) is 6.43. The van der Waals surface area contributed by atoms with Gasteiger partial charge in [-0.25, -0.2) is 4.98 Å². The highest BCUT2D eigenvalue weighted by Gasteiger charge is 2.27. The molecule has 0 aliphatic carbocycles. The lowest BCUT2D eigenvalue weighted by Gasteiger charge is -2.15. The number of aromatic nitrogens is 1. The molecule has 1 aromatic carbocycles. The fourth-order valence-corrected chi connectivity index (χ4v) is 2.41. The largest absolute Gasteiger partial charge is 0.248 e. The molecule has 0 unspecified atom stereocenters. The van der Waals surface area contributed by atoms with Crippen molar-refractivity contribution in [1.82, 2.24) is 4.98 Å². The highest BCUT2D eigenvalue weighted by molar-refractivity contribution is 6.67. The van der Waals surface area contributed by atoms with E-state index in [1.54, 1.807) is 18.2 Å². The van der Waals surface area contributed by atoms with Crippen molar-refractivity contribution < 1.29 is 0 Å². The number of pyridine rings is 1. The van der Waals surface area contributed by atoms with E-state index in [1.165, 1.54) is 6.07 Å². The van der Waals surface area contributed by atoms with Crippen molar-refractivity contribution in [1.29, 1.82) is 0 Å². The molecule has 0 aliphatic heterocycles. The molecule has 2 rings (SSSR count). The van der Waals surface area contributed by atoms with Gasteiger partial charge in [-0.2, -0.15) is 0 Å². The van der Waals surface area contributed by atoms with E-state index in [2.05, 4.69) is 4.98 Å². The summed E-state index contributed by atoms with van der Waals surface area (Å²) in [7, 11) is 0. The van der Waals surface area contributed by atoms with Gasteiger partial charge in [0.2, 0.25) is 7.59 Å². The highest BCUT2D eigenvalue weighted by Crippen LogP contribution is 2.42.